The number of rotatable bonds is 6. The first-order chi connectivity index (χ1) is 15.6. The van der Waals surface area contributed by atoms with Crippen molar-refractivity contribution in [3.05, 3.63) is 82.0 Å². The second-order valence-electron chi connectivity index (χ2n) is 6.94. The highest BCUT2D eigenvalue weighted by molar-refractivity contribution is 7.98. The minimum atomic E-state index is -0.0709. The fraction of sp³-hybridized carbons (Fsp3) is 0.136. The summed E-state index contributed by atoms with van der Waals surface area (Å²) in [5.41, 5.74) is 3.34. The lowest BCUT2D eigenvalue weighted by atomic mass is 10.2. The molecule has 1 aromatic carbocycles. The number of thioether (sulfide) groups is 1. The van der Waals surface area contributed by atoms with Gasteiger partial charge in [0.1, 0.15) is 5.75 Å². The van der Waals surface area contributed by atoms with Gasteiger partial charge in [-0.2, -0.15) is 0 Å². The number of thiazole rings is 1. The van der Waals surface area contributed by atoms with Gasteiger partial charge in [-0.15, -0.1) is 21.5 Å². The molecule has 0 aliphatic rings. The molecule has 0 saturated heterocycles. The lowest BCUT2D eigenvalue weighted by Crippen LogP contribution is -2.14. The highest BCUT2D eigenvalue weighted by Gasteiger charge is 2.17. The zero-order valence-electron chi connectivity index (χ0n) is 17.3. The van der Waals surface area contributed by atoms with Gasteiger partial charge in [0.15, 0.2) is 15.9 Å². The number of fused-ring (bicyclic) bond motifs is 1. The van der Waals surface area contributed by atoms with Gasteiger partial charge in [0.05, 0.1) is 12.8 Å². The van der Waals surface area contributed by atoms with Crippen molar-refractivity contribution in [1.82, 2.24) is 29.1 Å². The topological polar surface area (TPSA) is 87.2 Å². The Bertz CT molecular complexity index is 1440. The third-order valence-corrected chi connectivity index (χ3v) is 6.79. The van der Waals surface area contributed by atoms with E-state index in [1.165, 1.54) is 23.1 Å². The third kappa shape index (κ3) is 3.78. The van der Waals surface area contributed by atoms with Crippen molar-refractivity contribution >= 4 is 28.1 Å². The summed E-state index contributed by atoms with van der Waals surface area (Å²) in [5, 5.41) is 11.5. The molecule has 0 N–H and O–H groups in total. The maximum Gasteiger partial charge on any atom is 0.258 e. The summed E-state index contributed by atoms with van der Waals surface area (Å²) < 4.78 is 8.90. The summed E-state index contributed by atoms with van der Waals surface area (Å²) in [5.74, 6) is 1.97. The van der Waals surface area contributed by atoms with Crippen LogP contribution >= 0.6 is 23.1 Å². The fourth-order valence-corrected chi connectivity index (χ4v) is 5.06. The monoisotopic (exact) mass is 462 g/mol. The van der Waals surface area contributed by atoms with Gasteiger partial charge in [0, 0.05) is 46.5 Å². The molecule has 4 aromatic heterocycles. The quantitative estimate of drug-likeness (QED) is 0.352. The average Bonchev–Trinajstić information content (AvgIpc) is 3.42. The van der Waals surface area contributed by atoms with E-state index >= 15 is 0 Å². The Morgan fingerprint density at radius 2 is 1.88 bits per heavy atom. The standard InChI is InChI=1S/C22H18N6O2S2/c1-14-12-31-21-24-16(11-19(29)27(14)21)13-32-22-26-25-20(15-7-9-23-10-8-15)28(22)17-3-5-18(30-2)6-4-17/h3-12H,13H2,1-2H3. The maximum atomic E-state index is 12.5. The van der Waals surface area contributed by atoms with Crippen LogP contribution < -0.4 is 10.3 Å². The molecule has 0 aliphatic heterocycles. The number of aryl methyl sites for hydroxylation is 1. The van der Waals surface area contributed by atoms with Crippen LogP contribution in [0.4, 0.5) is 0 Å². The molecule has 160 valence electrons. The SMILES string of the molecule is COc1ccc(-n2c(SCc3cc(=O)n4c(C)csc4n3)nnc2-c2ccncc2)cc1. The Morgan fingerprint density at radius 3 is 2.62 bits per heavy atom. The molecule has 0 unspecified atom stereocenters. The molecular formula is C22H18N6O2S2. The van der Waals surface area contributed by atoms with Crippen molar-refractivity contribution in [3.8, 4) is 22.8 Å². The van der Waals surface area contributed by atoms with Gasteiger partial charge in [-0.3, -0.25) is 18.7 Å². The molecule has 0 atom stereocenters. The highest BCUT2D eigenvalue weighted by atomic mass is 32.2. The van der Waals surface area contributed by atoms with Crippen molar-refractivity contribution in [1.29, 1.82) is 0 Å². The fourth-order valence-electron chi connectivity index (χ4n) is 3.33. The van der Waals surface area contributed by atoms with Crippen molar-refractivity contribution in [2.75, 3.05) is 7.11 Å². The minimum Gasteiger partial charge on any atom is -0.497 e. The first kappa shape index (κ1) is 20.4. The van der Waals surface area contributed by atoms with E-state index in [1.807, 2.05) is 53.3 Å². The van der Waals surface area contributed by atoms with E-state index in [-0.39, 0.29) is 5.56 Å². The van der Waals surface area contributed by atoms with E-state index in [2.05, 4.69) is 20.2 Å². The number of nitrogens with zero attached hydrogens (tertiary/aromatic N) is 6. The van der Waals surface area contributed by atoms with Crippen LogP contribution in [0.25, 0.3) is 22.0 Å². The predicted octanol–water partition coefficient (Wildman–Crippen LogP) is 4.01. The summed E-state index contributed by atoms with van der Waals surface area (Å²) in [7, 11) is 1.64. The van der Waals surface area contributed by atoms with E-state index in [0.29, 0.717) is 27.4 Å². The Morgan fingerprint density at radius 1 is 1.09 bits per heavy atom. The number of pyridine rings is 1. The largest absolute Gasteiger partial charge is 0.497 e. The van der Waals surface area contributed by atoms with Gasteiger partial charge in [0.2, 0.25) is 0 Å². The summed E-state index contributed by atoms with van der Waals surface area (Å²) in [6, 6.07) is 13.1. The van der Waals surface area contributed by atoms with Gasteiger partial charge < -0.3 is 4.74 Å². The summed E-state index contributed by atoms with van der Waals surface area (Å²) in [4.78, 5) is 21.9. The zero-order chi connectivity index (χ0) is 22.1. The van der Waals surface area contributed by atoms with Gasteiger partial charge >= 0.3 is 0 Å². The van der Waals surface area contributed by atoms with Gasteiger partial charge in [-0.25, -0.2) is 4.98 Å². The molecule has 8 nitrogen and oxygen atoms in total. The van der Waals surface area contributed by atoms with Crippen molar-refractivity contribution < 1.29 is 4.74 Å². The molecule has 32 heavy (non-hydrogen) atoms. The van der Waals surface area contributed by atoms with E-state index in [0.717, 1.165) is 22.7 Å². The molecule has 5 aromatic rings. The zero-order valence-corrected chi connectivity index (χ0v) is 18.9. The minimum absolute atomic E-state index is 0.0709. The van der Waals surface area contributed by atoms with Gasteiger partial charge in [-0.1, -0.05) is 11.8 Å². The second kappa shape index (κ2) is 8.56. The second-order valence-corrected chi connectivity index (χ2v) is 8.72. The van der Waals surface area contributed by atoms with Crippen LogP contribution in [0.2, 0.25) is 0 Å². The molecule has 0 aliphatic carbocycles. The van der Waals surface area contributed by atoms with Crippen molar-refractivity contribution in [2.45, 2.75) is 17.8 Å². The predicted molar refractivity (Wildman–Crippen MR) is 125 cm³/mol. The van der Waals surface area contributed by atoms with E-state index in [9.17, 15) is 4.79 Å². The maximum absolute atomic E-state index is 12.5. The molecule has 0 amide bonds. The number of methoxy groups -OCH3 is 1. The van der Waals surface area contributed by atoms with Crippen LogP contribution in [0.5, 0.6) is 5.75 Å². The molecule has 4 heterocycles. The van der Waals surface area contributed by atoms with Crippen LogP contribution in [0.1, 0.15) is 11.4 Å². The van der Waals surface area contributed by atoms with Crippen LogP contribution in [0, 0.1) is 6.92 Å². The van der Waals surface area contributed by atoms with E-state index in [4.69, 9.17) is 4.74 Å². The number of ether oxygens (including phenoxy) is 1. The number of hydrogen-bond donors (Lipinski definition) is 0. The number of benzene rings is 1. The van der Waals surface area contributed by atoms with Crippen LogP contribution in [-0.2, 0) is 5.75 Å². The highest BCUT2D eigenvalue weighted by Crippen LogP contribution is 2.30. The van der Waals surface area contributed by atoms with Crippen LogP contribution in [-0.4, -0.2) is 36.2 Å². The van der Waals surface area contributed by atoms with Crippen LogP contribution in [0.3, 0.4) is 0 Å². The average molecular weight is 463 g/mol. The molecular weight excluding hydrogens is 444 g/mol. The number of aromatic nitrogens is 6. The van der Waals surface area contributed by atoms with Gasteiger partial charge in [-0.05, 0) is 43.3 Å². The lowest BCUT2D eigenvalue weighted by Gasteiger charge is -2.11. The van der Waals surface area contributed by atoms with Crippen molar-refractivity contribution in [2.24, 2.45) is 0 Å². The Balaban J connectivity index is 1.52. The normalized spacial score (nSPS) is 11.2. The first-order valence-corrected chi connectivity index (χ1v) is 11.6. The van der Waals surface area contributed by atoms with E-state index < -0.39 is 0 Å². The molecule has 0 saturated carbocycles. The summed E-state index contributed by atoms with van der Waals surface area (Å²) in [6.45, 7) is 1.90. The Kier molecular flexibility index (Phi) is 5.46. The smallest absolute Gasteiger partial charge is 0.258 e. The molecule has 10 heteroatoms. The molecule has 0 spiro atoms. The summed E-state index contributed by atoms with van der Waals surface area (Å²) in [6.07, 6.45) is 3.45. The summed E-state index contributed by atoms with van der Waals surface area (Å²) >= 11 is 2.94. The molecule has 0 radical (unpaired) electrons. The molecule has 0 fully saturated rings. The Hall–Kier alpha value is -3.50. The van der Waals surface area contributed by atoms with Gasteiger partial charge in [0.25, 0.3) is 5.56 Å². The third-order valence-electron chi connectivity index (χ3n) is 4.88. The Labute approximate surface area is 191 Å². The van der Waals surface area contributed by atoms with E-state index in [1.54, 1.807) is 30.0 Å². The number of hydrogen-bond acceptors (Lipinski definition) is 8. The van der Waals surface area contributed by atoms with Crippen molar-refractivity contribution in [3.63, 3.8) is 0 Å². The molecule has 0 bridgehead atoms. The first-order valence-electron chi connectivity index (χ1n) is 9.74. The van der Waals surface area contributed by atoms with Crippen LogP contribution in [0.15, 0.2) is 70.2 Å². The lowest BCUT2D eigenvalue weighted by molar-refractivity contribution is 0.414. The molecule has 5 rings (SSSR count).